The Morgan fingerprint density at radius 3 is 2.82 bits per heavy atom. The van der Waals surface area contributed by atoms with E-state index >= 15 is 0 Å². The Bertz CT molecular complexity index is 1290. The quantitative estimate of drug-likeness (QED) is 0.564. The number of hydrogen-bond donors (Lipinski definition) is 2. The molecule has 0 bridgehead atoms. The van der Waals surface area contributed by atoms with Crippen molar-refractivity contribution in [2.75, 3.05) is 30.4 Å². The molecule has 1 aliphatic rings. The summed E-state index contributed by atoms with van der Waals surface area (Å²) in [6.07, 6.45) is -1.77. The third kappa shape index (κ3) is 5.03. The van der Waals surface area contributed by atoms with Gasteiger partial charge >= 0.3 is 6.18 Å². The highest BCUT2D eigenvalue weighted by Gasteiger charge is 2.30. The van der Waals surface area contributed by atoms with Crippen molar-refractivity contribution in [2.45, 2.75) is 25.6 Å². The highest BCUT2D eigenvalue weighted by atomic mass is 32.1. The number of hydrogen-bond acceptors (Lipinski definition) is 7. The number of alkyl halides is 3. The van der Waals surface area contributed by atoms with Gasteiger partial charge in [-0.25, -0.2) is 4.98 Å². The van der Waals surface area contributed by atoms with Gasteiger partial charge in [0.25, 0.3) is 5.56 Å². The van der Waals surface area contributed by atoms with E-state index in [9.17, 15) is 27.6 Å². The van der Waals surface area contributed by atoms with Crippen LogP contribution in [0.4, 0.5) is 24.0 Å². The summed E-state index contributed by atoms with van der Waals surface area (Å²) in [5.74, 6) is -0.884. The molecule has 2 N–H and O–H groups in total. The van der Waals surface area contributed by atoms with Gasteiger partial charge in [-0.1, -0.05) is 17.4 Å². The van der Waals surface area contributed by atoms with Gasteiger partial charge in [-0.3, -0.25) is 19.0 Å². The molecule has 1 aromatic carbocycles. The summed E-state index contributed by atoms with van der Waals surface area (Å²) in [5.41, 5.74) is -1.16. The second-order valence-electron chi connectivity index (χ2n) is 7.85. The Hall–Kier alpha value is -3.48. The van der Waals surface area contributed by atoms with E-state index in [1.165, 1.54) is 18.5 Å². The number of nitrogens with zero attached hydrogens (tertiary/aromatic N) is 4. The van der Waals surface area contributed by atoms with Crippen LogP contribution in [0.5, 0.6) is 0 Å². The molecule has 0 aliphatic carbocycles. The first-order valence-corrected chi connectivity index (χ1v) is 11.3. The Labute approximate surface area is 195 Å². The Kier molecular flexibility index (Phi) is 6.55. The second kappa shape index (κ2) is 9.41. The van der Waals surface area contributed by atoms with E-state index < -0.39 is 29.8 Å². The van der Waals surface area contributed by atoms with Crippen LogP contribution in [-0.4, -0.2) is 46.5 Å². The first-order valence-electron chi connectivity index (χ1n) is 10.5. The van der Waals surface area contributed by atoms with Crippen LogP contribution in [0.15, 0.2) is 35.4 Å². The lowest BCUT2D eigenvalue weighted by Crippen LogP contribution is -2.42. The summed E-state index contributed by atoms with van der Waals surface area (Å²) in [5, 5.41) is 5.59. The normalized spacial score (nSPS) is 16.5. The Balaban J connectivity index is 1.50. The maximum atomic E-state index is 12.9. The van der Waals surface area contributed by atoms with E-state index in [0.29, 0.717) is 18.2 Å². The standard InChI is InChI=1S/C21H21F3N6O3S/c1-25-18(32)12-4-3-7-29(9-12)20-28-17-16(34-20)19(33)30(11-26-17)10-15(31)27-14-6-2-5-13(8-14)21(22,23)24/h2,5-6,8,11-12H,3-4,7,9-10H2,1H3,(H,25,32)(H,27,31). The smallest absolute Gasteiger partial charge is 0.359 e. The van der Waals surface area contributed by atoms with Gasteiger partial charge in [-0.05, 0) is 31.0 Å². The van der Waals surface area contributed by atoms with Crippen molar-refractivity contribution in [3.63, 3.8) is 0 Å². The zero-order valence-corrected chi connectivity index (χ0v) is 18.9. The Morgan fingerprint density at radius 1 is 1.29 bits per heavy atom. The van der Waals surface area contributed by atoms with Crippen molar-refractivity contribution in [3.8, 4) is 0 Å². The minimum Gasteiger partial charge on any atom is -0.359 e. The molecule has 0 saturated carbocycles. The number of amides is 2. The molecule has 0 spiro atoms. The zero-order chi connectivity index (χ0) is 24.5. The summed E-state index contributed by atoms with van der Waals surface area (Å²) in [4.78, 5) is 47.8. The van der Waals surface area contributed by atoms with Gasteiger partial charge < -0.3 is 15.5 Å². The fraction of sp³-hybridized carbons (Fsp3) is 0.381. The maximum Gasteiger partial charge on any atom is 0.416 e. The van der Waals surface area contributed by atoms with E-state index in [1.807, 2.05) is 4.90 Å². The number of carbonyl (C=O) groups is 2. The molecule has 2 aromatic heterocycles. The van der Waals surface area contributed by atoms with Crippen molar-refractivity contribution < 1.29 is 22.8 Å². The first kappa shape index (κ1) is 23.7. The summed E-state index contributed by atoms with van der Waals surface area (Å²) in [7, 11) is 1.59. The van der Waals surface area contributed by atoms with Crippen LogP contribution in [0.1, 0.15) is 18.4 Å². The minimum atomic E-state index is -4.54. The molecular weight excluding hydrogens is 473 g/mol. The highest BCUT2D eigenvalue weighted by molar-refractivity contribution is 7.22. The third-order valence-electron chi connectivity index (χ3n) is 5.47. The second-order valence-corrected chi connectivity index (χ2v) is 8.83. The van der Waals surface area contributed by atoms with Gasteiger partial charge in [-0.2, -0.15) is 18.2 Å². The third-order valence-corrected chi connectivity index (χ3v) is 6.56. The number of aromatic nitrogens is 3. The number of benzene rings is 1. The molecule has 1 atom stereocenters. The molecule has 180 valence electrons. The molecule has 1 unspecified atom stereocenters. The SMILES string of the molecule is CNC(=O)C1CCCN(c2nc3ncn(CC(=O)Nc4cccc(C(F)(F)F)c4)c(=O)c3s2)C1. The van der Waals surface area contributed by atoms with Gasteiger partial charge in [0, 0.05) is 25.8 Å². The number of nitrogens with one attached hydrogen (secondary N) is 2. The molecule has 3 aromatic rings. The van der Waals surface area contributed by atoms with E-state index in [-0.39, 0.29) is 27.9 Å². The fourth-order valence-corrected chi connectivity index (χ4v) is 4.78. The fourth-order valence-electron chi connectivity index (χ4n) is 3.78. The van der Waals surface area contributed by atoms with Crippen LogP contribution < -0.4 is 21.1 Å². The van der Waals surface area contributed by atoms with Gasteiger partial charge in [-0.15, -0.1) is 0 Å². The summed E-state index contributed by atoms with van der Waals surface area (Å²) >= 11 is 1.13. The van der Waals surface area contributed by atoms with E-state index in [0.717, 1.165) is 40.9 Å². The summed E-state index contributed by atoms with van der Waals surface area (Å²) < 4.78 is 40.0. The van der Waals surface area contributed by atoms with Crippen molar-refractivity contribution in [1.82, 2.24) is 19.9 Å². The van der Waals surface area contributed by atoms with E-state index in [4.69, 9.17) is 0 Å². The number of anilines is 2. The van der Waals surface area contributed by atoms with Crippen LogP contribution in [0, 0.1) is 5.92 Å². The molecular formula is C21H21F3N6O3S. The monoisotopic (exact) mass is 494 g/mol. The predicted octanol–water partition coefficient (Wildman–Crippen LogP) is 2.47. The van der Waals surface area contributed by atoms with E-state index in [1.54, 1.807) is 7.05 Å². The van der Waals surface area contributed by atoms with Crippen LogP contribution >= 0.6 is 11.3 Å². The summed E-state index contributed by atoms with van der Waals surface area (Å²) in [6, 6.07) is 4.24. The largest absolute Gasteiger partial charge is 0.416 e. The number of halogens is 3. The number of fused-ring (bicyclic) bond motifs is 1. The topological polar surface area (TPSA) is 109 Å². The van der Waals surface area contributed by atoms with Gasteiger partial charge in [0.2, 0.25) is 11.8 Å². The molecule has 13 heteroatoms. The van der Waals surface area contributed by atoms with Gasteiger partial charge in [0.15, 0.2) is 10.8 Å². The van der Waals surface area contributed by atoms with Crippen molar-refractivity contribution in [1.29, 1.82) is 0 Å². The molecule has 4 rings (SSSR count). The molecule has 1 aliphatic heterocycles. The lowest BCUT2D eigenvalue weighted by molar-refractivity contribution is -0.137. The first-order chi connectivity index (χ1) is 16.2. The molecule has 34 heavy (non-hydrogen) atoms. The van der Waals surface area contributed by atoms with Gasteiger partial charge in [0.05, 0.1) is 11.5 Å². The lowest BCUT2D eigenvalue weighted by atomic mass is 9.98. The number of piperidine rings is 1. The zero-order valence-electron chi connectivity index (χ0n) is 18.1. The number of thiazole rings is 1. The highest BCUT2D eigenvalue weighted by Crippen LogP contribution is 2.31. The van der Waals surface area contributed by atoms with Crippen molar-refractivity contribution >= 4 is 44.3 Å². The van der Waals surface area contributed by atoms with E-state index in [2.05, 4.69) is 20.6 Å². The van der Waals surface area contributed by atoms with Gasteiger partial charge in [0.1, 0.15) is 17.6 Å². The molecule has 1 saturated heterocycles. The number of rotatable bonds is 5. The molecule has 1 fully saturated rings. The predicted molar refractivity (Wildman–Crippen MR) is 121 cm³/mol. The van der Waals surface area contributed by atoms with Crippen LogP contribution in [0.3, 0.4) is 0 Å². The van der Waals surface area contributed by atoms with Crippen LogP contribution in [-0.2, 0) is 22.3 Å². The number of carbonyl (C=O) groups excluding carboxylic acids is 2. The lowest BCUT2D eigenvalue weighted by Gasteiger charge is -2.31. The molecule has 0 radical (unpaired) electrons. The average molecular weight is 494 g/mol. The van der Waals surface area contributed by atoms with Crippen LogP contribution in [0.25, 0.3) is 10.3 Å². The average Bonchev–Trinajstić information content (AvgIpc) is 3.25. The van der Waals surface area contributed by atoms with Crippen molar-refractivity contribution in [3.05, 3.63) is 46.5 Å². The molecule has 9 nitrogen and oxygen atoms in total. The van der Waals surface area contributed by atoms with Crippen LogP contribution in [0.2, 0.25) is 0 Å². The summed E-state index contributed by atoms with van der Waals surface area (Å²) in [6.45, 7) is 0.752. The minimum absolute atomic E-state index is 0.0299. The molecule has 2 amide bonds. The molecule has 3 heterocycles. The Morgan fingerprint density at radius 2 is 2.09 bits per heavy atom. The maximum absolute atomic E-state index is 12.9. The van der Waals surface area contributed by atoms with Crippen molar-refractivity contribution in [2.24, 2.45) is 5.92 Å².